The van der Waals surface area contributed by atoms with Crippen molar-refractivity contribution in [3.63, 3.8) is 0 Å². The van der Waals surface area contributed by atoms with Crippen LogP contribution in [0.3, 0.4) is 0 Å². The van der Waals surface area contributed by atoms with Crippen molar-refractivity contribution in [2.75, 3.05) is 20.6 Å². The third kappa shape index (κ3) is 3.23. The molecule has 0 aliphatic rings. The van der Waals surface area contributed by atoms with Crippen LogP contribution in [0.25, 0.3) is 22.2 Å². The molecule has 2 aromatic carbocycles. The molecule has 0 aliphatic heterocycles. The number of benzene rings is 2. The van der Waals surface area contributed by atoms with Crippen LogP contribution >= 0.6 is 15.9 Å². The quantitative estimate of drug-likeness (QED) is 0.673. The van der Waals surface area contributed by atoms with Crippen molar-refractivity contribution in [2.45, 2.75) is 13.0 Å². The van der Waals surface area contributed by atoms with E-state index in [1.807, 2.05) is 6.07 Å². The predicted molar refractivity (Wildman–Crippen MR) is 96.0 cm³/mol. The summed E-state index contributed by atoms with van der Waals surface area (Å²) in [5.74, 6) is 0. The van der Waals surface area contributed by atoms with E-state index in [2.05, 4.69) is 82.1 Å². The molecule has 0 N–H and O–H groups in total. The molecule has 0 bridgehead atoms. The summed E-state index contributed by atoms with van der Waals surface area (Å²) in [6, 6.07) is 16.8. The first-order valence-corrected chi connectivity index (χ1v) is 8.30. The summed E-state index contributed by atoms with van der Waals surface area (Å²) >= 11 is 3.58. The van der Waals surface area contributed by atoms with Crippen LogP contribution < -0.4 is 0 Å². The van der Waals surface area contributed by atoms with Gasteiger partial charge >= 0.3 is 0 Å². The number of aryl methyl sites for hydroxylation is 1. The van der Waals surface area contributed by atoms with Crippen LogP contribution in [0.4, 0.5) is 0 Å². The third-order valence-electron chi connectivity index (χ3n) is 3.73. The number of nitrogens with zero attached hydrogens (tertiary/aromatic N) is 3. The fourth-order valence-corrected chi connectivity index (χ4v) is 3.03. The minimum absolute atomic E-state index is 0.934. The largest absolute Gasteiger partial charge is 0.309 e. The molecule has 3 rings (SSSR count). The van der Waals surface area contributed by atoms with Gasteiger partial charge in [0, 0.05) is 22.0 Å². The van der Waals surface area contributed by atoms with E-state index >= 15 is 0 Å². The molecule has 0 spiro atoms. The first-order valence-electron chi connectivity index (χ1n) is 7.51. The van der Waals surface area contributed by atoms with Gasteiger partial charge in [-0.2, -0.15) is 5.10 Å². The Kier molecular flexibility index (Phi) is 4.60. The Hall–Kier alpha value is -1.65. The lowest BCUT2D eigenvalue weighted by atomic mass is 10.1. The highest BCUT2D eigenvalue weighted by Crippen LogP contribution is 2.30. The number of hydrogen-bond donors (Lipinski definition) is 0. The second kappa shape index (κ2) is 6.63. The van der Waals surface area contributed by atoms with E-state index in [0.717, 1.165) is 35.2 Å². The van der Waals surface area contributed by atoms with E-state index in [9.17, 15) is 0 Å². The van der Waals surface area contributed by atoms with Crippen molar-refractivity contribution >= 4 is 26.8 Å². The van der Waals surface area contributed by atoms with Gasteiger partial charge in [-0.15, -0.1) is 0 Å². The Morgan fingerprint density at radius 1 is 1.09 bits per heavy atom. The summed E-state index contributed by atoms with van der Waals surface area (Å²) < 4.78 is 3.22. The maximum Gasteiger partial charge on any atom is 0.100 e. The molecular weight excluding hydrogens is 338 g/mol. The van der Waals surface area contributed by atoms with Crippen LogP contribution in [-0.4, -0.2) is 35.3 Å². The number of hydrogen-bond acceptors (Lipinski definition) is 2. The topological polar surface area (TPSA) is 21.1 Å². The molecule has 22 heavy (non-hydrogen) atoms. The molecule has 0 radical (unpaired) electrons. The van der Waals surface area contributed by atoms with E-state index in [0.29, 0.717) is 0 Å². The van der Waals surface area contributed by atoms with E-state index in [4.69, 9.17) is 5.10 Å². The Balaban J connectivity index is 2.03. The lowest BCUT2D eigenvalue weighted by Crippen LogP contribution is -2.15. The second-order valence-corrected chi connectivity index (χ2v) is 6.67. The molecule has 0 unspecified atom stereocenters. The van der Waals surface area contributed by atoms with Gasteiger partial charge in [0.25, 0.3) is 0 Å². The van der Waals surface area contributed by atoms with E-state index < -0.39 is 0 Å². The van der Waals surface area contributed by atoms with Crippen molar-refractivity contribution in [1.29, 1.82) is 0 Å². The van der Waals surface area contributed by atoms with Gasteiger partial charge in [-0.3, -0.25) is 4.68 Å². The van der Waals surface area contributed by atoms with Gasteiger partial charge in [-0.25, -0.2) is 0 Å². The fourth-order valence-electron chi connectivity index (χ4n) is 2.67. The summed E-state index contributed by atoms with van der Waals surface area (Å²) in [7, 11) is 4.21. The molecule has 0 amide bonds. The highest BCUT2D eigenvalue weighted by molar-refractivity contribution is 9.10. The number of rotatable bonds is 5. The lowest BCUT2D eigenvalue weighted by molar-refractivity contribution is 0.383. The Bertz CT molecular complexity index is 763. The monoisotopic (exact) mass is 357 g/mol. The highest BCUT2D eigenvalue weighted by atomic mass is 79.9. The Morgan fingerprint density at radius 3 is 2.59 bits per heavy atom. The summed E-state index contributed by atoms with van der Waals surface area (Å²) in [5, 5.41) is 6.07. The van der Waals surface area contributed by atoms with Gasteiger partial charge < -0.3 is 4.90 Å². The number of fused-ring (bicyclic) bond motifs is 1. The third-order valence-corrected chi connectivity index (χ3v) is 4.23. The Labute approximate surface area is 139 Å². The van der Waals surface area contributed by atoms with E-state index in [1.165, 1.54) is 10.9 Å². The van der Waals surface area contributed by atoms with Crippen molar-refractivity contribution in [2.24, 2.45) is 0 Å². The number of aromatic nitrogens is 2. The maximum absolute atomic E-state index is 4.87. The molecule has 114 valence electrons. The fraction of sp³-hybridized carbons (Fsp3) is 0.278. The lowest BCUT2D eigenvalue weighted by Gasteiger charge is -2.09. The molecule has 0 fully saturated rings. The van der Waals surface area contributed by atoms with Gasteiger partial charge in [0.05, 0.1) is 5.52 Å². The van der Waals surface area contributed by atoms with Crippen molar-refractivity contribution < 1.29 is 0 Å². The zero-order valence-corrected chi connectivity index (χ0v) is 14.5. The van der Waals surface area contributed by atoms with Gasteiger partial charge in [-0.05, 0) is 45.3 Å². The molecule has 0 saturated carbocycles. The minimum atomic E-state index is 0.934. The van der Waals surface area contributed by atoms with Crippen molar-refractivity contribution in [1.82, 2.24) is 14.7 Å². The van der Waals surface area contributed by atoms with Gasteiger partial charge in [0.1, 0.15) is 5.69 Å². The second-order valence-electron chi connectivity index (χ2n) is 5.76. The average Bonchev–Trinajstić information content (AvgIpc) is 2.86. The van der Waals surface area contributed by atoms with Crippen LogP contribution in [-0.2, 0) is 6.54 Å². The standard InChI is InChI=1S/C18H20BrN3/c1-21(2)11-6-12-22-17-10-9-15(19)13-16(17)18(20-22)14-7-4-3-5-8-14/h3-5,7-10,13H,6,11-12H2,1-2H3. The van der Waals surface area contributed by atoms with Crippen LogP contribution in [0.5, 0.6) is 0 Å². The minimum Gasteiger partial charge on any atom is -0.309 e. The highest BCUT2D eigenvalue weighted by Gasteiger charge is 2.12. The van der Waals surface area contributed by atoms with Crippen LogP contribution in [0.1, 0.15) is 6.42 Å². The molecule has 0 aliphatic carbocycles. The molecular formula is C18H20BrN3. The smallest absolute Gasteiger partial charge is 0.100 e. The summed E-state index contributed by atoms with van der Waals surface area (Å²) in [4.78, 5) is 2.21. The van der Waals surface area contributed by atoms with Crippen molar-refractivity contribution in [3.8, 4) is 11.3 Å². The van der Waals surface area contributed by atoms with E-state index in [1.54, 1.807) is 0 Å². The van der Waals surface area contributed by atoms with Gasteiger partial charge in [0.15, 0.2) is 0 Å². The van der Waals surface area contributed by atoms with Gasteiger partial charge in [-0.1, -0.05) is 46.3 Å². The zero-order chi connectivity index (χ0) is 15.5. The molecule has 1 heterocycles. The Morgan fingerprint density at radius 2 is 1.86 bits per heavy atom. The first-order chi connectivity index (χ1) is 10.6. The zero-order valence-electron chi connectivity index (χ0n) is 13.0. The summed E-state index contributed by atoms with van der Waals surface area (Å²) in [6.45, 7) is 2.00. The van der Waals surface area contributed by atoms with Crippen LogP contribution in [0.2, 0.25) is 0 Å². The average molecular weight is 358 g/mol. The molecule has 0 atom stereocenters. The predicted octanol–water partition coefficient (Wildman–Crippen LogP) is 4.42. The maximum atomic E-state index is 4.87. The SMILES string of the molecule is CN(C)CCCn1nc(-c2ccccc2)c2cc(Br)ccc21. The molecule has 4 heteroatoms. The molecule has 0 saturated heterocycles. The van der Waals surface area contributed by atoms with Crippen LogP contribution in [0.15, 0.2) is 53.0 Å². The first kappa shape index (κ1) is 15.3. The van der Waals surface area contributed by atoms with E-state index in [-0.39, 0.29) is 0 Å². The summed E-state index contributed by atoms with van der Waals surface area (Å²) in [6.07, 6.45) is 1.09. The van der Waals surface area contributed by atoms with Crippen molar-refractivity contribution in [3.05, 3.63) is 53.0 Å². The normalized spacial score (nSPS) is 11.5. The number of halogens is 1. The molecule has 3 aromatic rings. The molecule has 1 aromatic heterocycles. The summed E-state index contributed by atoms with van der Waals surface area (Å²) in [5.41, 5.74) is 3.42. The molecule has 3 nitrogen and oxygen atoms in total. The van der Waals surface area contributed by atoms with Crippen LogP contribution in [0, 0.1) is 0 Å². The van der Waals surface area contributed by atoms with Gasteiger partial charge in [0.2, 0.25) is 0 Å².